The summed E-state index contributed by atoms with van der Waals surface area (Å²) in [5.41, 5.74) is 2.26. The van der Waals surface area contributed by atoms with Crippen molar-refractivity contribution >= 4 is 12.1 Å². The zero-order chi connectivity index (χ0) is 15.9. The summed E-state index contributed by atoms with van der Waals surface area (Å²) < 4.78 is 5.05. The van der Waals surface area contributed by atoms with Crippen LogP contribution in [0.4, 0.5) is 4.79 Å². The Hall–Kier alpha value is -2.82. The zero-order valence-electron chi connectivity index (χ0n) is 12.2. The van der Waals surface area contributed by atoms with E-state index in [1.165, 1.54) is 0 Å². The molecule has 5 heteroatoms. The lowest BCUT2D eigenvalue weighted by Gasteiger charge is -2.15. The summed E-state index contributed by atoms with van der Waals surface area (Å²) in [5, 5.41) is 11.7. The number of nitrogens with one attached hydrogen (secondary N) is 1. The number of alkyl carbamates (subject to hydrolysis) is 1. The minimum atomic E-state index is -1.14. The maximum Gasteiger partial charge on any atom is 0.408 e. The van der Waals surface area contributed by atoms with E-state index in [2.05, 4.69) is 5.32 Å². The molecule has 1 atom stereocenters. The van der Waals surface area contributed by atoms with Gasteiger partial charge in [-0.2, -0.15) is 0 Å². The first-order chi connectivity index (χ1) is 10.6. The Morgan fingerprint density at radius 1 is 1.14 bits per heavy atom. The number of aliphatic carboxylic acids is 1. The number of carboxylic acids is 1. The third kappa shape index (κ3) is 4.34. The molecule has 0 aliphatic rings. The molecule has 2 aromatic rings. The average molecular weight is 299 g/mol. The molecule has 2 rings (SSSR count). The highest BCUT2D eigenvalue weighted by atomic mass is 16.5. The minimum Gasteiger partial charge on any atom is -0.479 e. The fourth-order valence-electron chi connectivity index (χ4n) is 2.02. The maximum absolute atomic E-state index is 11.8. The van der Waals surface area contributed by atoms with Crippen molar-refractivity contribution in [3.63, 3.8) is 0 Å². The van der Waals surface area contributed by atoms with Gasteiger partial charge in [-0.1, -0.05) is 60.2 Å². The van der Waals surface area contributed by atoms with E-state index in [-0.39, 0.29) is 6.61 Å². The predicted octanol–water partition coefficient (Wildman–Crippen LogP) is 3.05. The zero-order valence-corrected chi connectivity index (χ0v) is 12.2. The molecule has 22 heavy (non-hydrogen) atoms. The van der Waals surface area contributed by atoms with Gasteiger partial charge in [0.15, 0.2) is 6.04 Å². The molecular weight excluding hydrogens is 282 g/mol. The molecule has 0 spiro atoms. The van der Waals surface area contributed by atoms with Gasteiger partial charge in [0.25, 0.3) is 0 Å². The van der Waals surface area contributed by atoms with Gasteiger partial charge in [0.2, 0.25) is 0 Å². The SMILES string of the molecule is Cc1cccc([C@H](NC(=O)OCc2ccccc2)C(=O)O)c1. The summed E-state index contributed by atoms with van der Waals surface area (Å²) in [5.74, 6) is -1.14. The highest BCUT2D eigenvalue weighted by Crippen LogP contribution is 2.15. The van der Waals surface area contributed by atoms with E-state index in [1.807, 2.05) is 43.3 Å². The fourth-order valence-corrected chi connectivity index (χ4v) is 2.02. The van der Waals surface area contributed by atoms with Gasteiger partial charge in [-0.25, -0.2) is 9.59 Å². The van der Waals surface area contributed by atoms with E-state index < -0.39 is 18.1 Å². The molecule has 0 aliphatic carbocycles. The molecule has 0 bridgehead atoms. The van der Waals surface area contributed by atoms with Gasteiger partial charge in [0, 0.05) is 0 Å². The van der Waals surface area contributed by atoms with Crippen LogP contribution in [0.2, 0.25) is 0 Å². The molecule has 0 radical (unpaired) electrons. The number of carboxylic acid groups (broad SMARTS) is 1. The largest absolute Gasteiger partial charge is 0.479 e. The van der Waals surface area contributed by atoms with Crippen LogP contribution in [-0.2, 0) is 16.1 Å². The van der Waals surface area contributed by atoms with Crippen LogP contribution in [0.25, 0.3) is 0 Å². The number of aryl methyl sites for hydroxylation is 1. The van der Waals surface area contributed by atoms with E-state index in [4.69, 9.17) is 4.74 Å². The number of hydrogen-bond acceptors (Lipinski definition) is 3. The van der Waals surface area contributed by atoms with Crippen molar-refractivity contribution in [2.24, 2.45) is 0 Å². The summed E-state index contributed by atoms with van der Waals surface area (Å²) in [6, 6.07) is 15.0. The first kappa shape index (κ1) is 15.6. The first-order valence-electron chi connectivity index (χ1n) is 6.83. The quantitative estimate of drug-likeness (QED) is 0.889. The lowest BCUT2D eigenvalue weighted by Crippen LogP contribution is -2.34. The summed E-state index contributed by atoms with van der Waals surface area (Å²) in [6.45, 7) is 1.95. The van der Waals surface area contributed by atoms with Crippen molar-refractivity contribution in [2.45, 2.75) is 19.6 Å². The first-order valence-corrected chi connectivity index (χ1v) is 6.83. The van der Waals surface area contributed by atoms with Crippen LogP contribution in [0.5, 0.6) is 0 Å². The van der Waals surface area contributed by atoms with Gasteiger partial charge in [-0.15, -0.1) is 0 Å². The van der Waals surface area contributed by atoms with Crippen LogP contribution in [-0.4, -0.2) is 17.2 Å². The molecular formula is C17H17NO4. The molecule has 0 aliphatic heterocycles. The van der Waals surface area contributed by atoms with Crippen LogP contribution in [0.3, 0.4) is 0 Å². The van der Waals surface area contributed by atoms with Crippen LogP contribution < -0.4 is 5.32 Å². The lowest BCUT2D eigenvalue weighted by molar-refractivity contribution is -0.139. The molecule has 5 nitrogen and oxygen atoms in total. The monoisotopic (exact) mass is 299 g/mol. The topological polar surface area (TPSA) is 75.6 Å². The van der Waals surface area contributed by atoms with Gasteiger partial charge < -0.3 is 15.2 Å². The smallest absolute Gasteiger partial charge is 0.408 e. The molecule has 1 amide bonds. The van der Waals surface area contributed by atoms with Crippen molar-refractivity contribution in [3.05, 3.63) is 71.3 Å². The highest BCUT2D eigenvalue weighted by Gasteiger charge is 2.22. The molecule has 0 aromatic heterocycles. The van der Waals surface area contributed by atoms with Crippen molar-refractivity contribution in [3.8, 4) is 0 Å². The van der Waals surface area contributed by atoms with Crippen molar-refractivity contribution in [1.82, 2.24) is 5.32 Å². The van der Waals surface area contributed by atoms with Gasteiger partial charge in [0.1, 0.15) is 6.61 Å². The second-order valence-electron chi connectivity index (χ2n) is 4.89. The Kier molecular flexibility index (Phi) is 5.14. The van der Waals surface area contributed by atoms with E-state index in [0.29, 0.717) is 5.56 Å². The summed E-state index contributed by atoms with van der Waals surface area (Å²) in [4.78, 5) is 23.1. The molecule has 0 saturated heterocycles. The number of amides is 1. The van der Waals surface area contributed by atoms with Gasteiger partial charge in [-0.05, 0) is 18.1 Å². The van der Waals surface area contributed by atoms with Crippen LogP contribution in [0.1, 0.15) is 22.7 Å². The highest BCUT2D eigenvalue weighted by molar-refractivity contribution is 5.81. The van der Waals surface area contributed by atoms with E-state index in [1.54, 1.807) is 18.2 Å². The Labute approximate surface area is 128 Å². The minimum absolute atomic E-state index is 0.0901. The van der Waals surface area contributed by atoms with Crippen LogP contribution >= 0.6 is 0 Å². The summed E-state index contributed by atoms with van der Waals surface area (Å²) in [7, 11) is 0. The van der Waals surface area contributed by atoms with E-state index in [9.17, 15) is 14.7 Å². The number of hydrogen-bond donors (Lipinski definition) is 2. The Bertz CT molecular complexity index is 655. The molecule has 0 saturated carbocycles. The third-order valence-corrected chi connectivity index (χ3v) is 3.10. The molecule has 0 unspecified atom stereocenters. The van der Waals surface area contributed by atoms with Crippen molar-refractivity contribution in [1.29, 1.82) is 0 Å². The molecule has 2 aromatic carbocycles. The number of carbonyl (C=O) groups is 2. The fraction of sp³-hybridized carbons (Fsp3) is 0.176. The van der Waals surface area contributed by atoms with E-state index in [0.717, 1.165) is 11.1 Å². The Morgan fingerprint density at radius 3 is 2.50 bits per heavy atom. The number of carbonyl (C=O) groups excluding carboxylic acids is 1. The van der Waals surface area contributed by atoms with Crippen LogP contribution in [0.15, 0.2) is 54.6 Å². The number of rotatable bonds is 5. The maximum atomic E-state index is 11.8. The average Bonchev–Trinajstić information content (AvgIpc) is 2.51. The van der Waals surface area contributed by atoms with Gasteiger partial charge >= 0.3 is 12.1 Å². The number of benzene rings is 2. The molecule has 2 N–H and O–H groups in total. The van der Waals surface area contributed by atoms with Gasteiger partial charge in [-0.3, -0.25) is 0 Å². The second kappa shape index (κ2) is 7.26. The van der Waals surface area contributed by atoms with Crippen LogP contribution in [0, 0.1) is 6.92 Å². The Balaban J connectivity index is 1.99. The normalized spacial score (nSPS) is 11.5. The third-order valence-electron chi connectivity index (χ3n) is 3.10. The second-order valence-corrected chi connectivity index (χ2v) is 4.89. The molecule has 114 valence electrons. The summed E-state index contributed by atoms with van der Waals surface area (Å²) in [6.07, 6.45) is -0.766. The number of ether oxygens (including phenoxy) is 1. The van der Waals surface area contributed by atoms with Crippen molar-refractivity contribution in [2.75, 3.05) is 0 Å². The predicted molar refractivity (Wildman–Crippen MR) is 81.3 cm³/mol. The molecule has 0 heterocycles. The summed E-state index contributed by atoms with van der Waals surface area (Å²) >= 11 is 0. The Morgan fingerprint density at radius 2 is 1.86 bits per heavy atom. The van der Waals surface area contributed by atoms with E-state index >= 15 is 0 Å². The molecule has 0 fully saturated rings. The lowest BCUT2D eigenvalue weighted by atomic mass is 10.0. The standard InChI is InChI=1S/C17H17NO4/c1-12-6-5-9-14(10-12)15(16(19)20)18-17(21)22-11-13-7-3-2-4-8-13/h2-10,15H,11H2,1H3,(H,18,21)(H,19,20)/t15-/m0/s1. The van der Waals surface area contributed by atoms with Crippen molar-refractivity contribution < 1.29 is 19.4 Å². The van der Waals surface area contributed by atoms with Gasteiger partial charge in [0.05, 0.1) is 0 Å².